The lowest BCUT2D eigenvalue weighted by molar-refractivity contribution is 0.372. The first-order valence-corrected chi connectivity index (χ1v) is 13.8. The highest BCUT2D eigenvalue weighted by Gasteiger charge is 2.20. The number of methoxy groups -OCH3 is 2. The Labute approximate surface area is 246 Å². The predicted octanol–water partition coefficient (Wildman–Crippen LogP) is 8.28. The molecule has 204 valence electrons. The molecular weight excluding hydrogens is 516 g/mol. The summed E-state index contributed by atoms with van der Waals surface area (Å²) in [7, 11) is 3.14. The Balaban J connectivity index is 1.61. The molecular formula is C38H30N2O2. The van der Waals surface area contributed by atoms with E-state index in [4.69, 9.17) is 9.47 Å². The maximum atomic E-state index is 4.93. The summed E-state index contributed by atoms with van der Waals surface area (Å²) in [5.74, 6) is 6.05. The van der Waals surface area contributed by atoms with Gasteiger partial charge in [0.2, 0.25) is 0 Å². The lowest BCUT2D eigenvalue weighted by Gasteiger charge is -2.12. The maximum Gasteiger partial charge on any atom is 0.115 e. The van der Waals surface area contributed by atoms with Crippen molar-refractivity contribution in [2.24, 2.45) is 0 Å². The summed E-state index contributed by atoms with van der Waals surface area (Å²) in [6.07, 6.45) is 5.35. The van der Waals surface area contributed by atoms with Crippen molar-refractivity contribution < 1.29 is 9.47 Å². The average molecular weight is 547 g/mol. The molecule has 0 bridgehead atoms. The highest BCUT2D eigenvalue weighted by Crippen LogP contribution is 2.38. The van der Waals surface area contributed by atoms with E-state index in [1.54, 1.807) is 14.2 Å². The second-order valence-corrected chi connectivity index (χ2v) is 10.2. The summed E-state index contributed by atoms with van der Waals surface area (Å²) >= 11 is 0. The van der Waals surface area contributed by atoms with Gasteiger partial charge < -0.3 is 18.6 Å². The van der Waals surface area contributed by atoms with Crippen molar-refractivity contribution in [3.63, 3.8) is 0 Å². The van der Waals surface area contributed by atoms with Crippen LogP contribution >= 0.6 is 0 Å². The van der Waals surface area contributed by atoms with E-state index in [1.165, 1.54) is 11.1 Å². The van der Waals surface area contributed by atoms with Crippen molar-refractivity contribution in [2.45, 2.75) is 13.8 Å². The van der Waals surface area contributed by atoms with Crippen LogP contribution in [0.4, 0.5) is 0 Å². The largest absolute Gasteiger partial charge is 0.450 e. The quantitative estimate of drug-likeness (QED) is 0.208. The molecule has 0 unspecified atom stereocenters. The number of rotatable bonds is 4. The van der Waals surface area contributed by atoms with Crippen molar-refractivity contribution in [3.8, 4) is 57.9 Å². The highest BCUT2D eigenvalue weighted by atomic mass is 16.5. The number of hydrogen-bond acceptors (Lipinski definition) is 2. The van der Waals surface area contributed by atoms with Crippen LogP contribution in [0.5, 0.6) is 0 Å². The molecule has 0 saturated carbocycles. The van der Waals surface area contributed by atoms with Gasteiger partial charge in [-0.3, -0.25) is 0 Å². The van der Waals surface area contributed by atoms with Gasteiger partial charge in [-0.1, -0.05) is 59.7 Å². The Morgan fingerprint density at radius 3 is 1.17 bits per heavy atom. The first kappa shape index (κ1) is 26.6. The van der Waals surface area contributed by atoms with Gasteiger partial charge in [-0.25, -0.2) is 0 Å². The zero-order valence-corrected chi connectivity index (χ0v) is 24.1. The lowest BCUT2D eigenvalue weighted by Crippen LogP contribution is -1.97. The molecule has 0 aliphatic heterocycles. The van der Waals surface area contributed by atoms with Gasteiger partial charge in [0.1, 0.15) is 12.2 Å². The fourth-order valence-electron chi connectivity index (χ4n) is 5.19. The molecule has 0 radical (unpaired) electrons. The van der Waals surface area contributed by atoms with Gasteiger partial charge in [0.05, 0.1) is 36.6 Å². The van der Waals surface area contributed by atoms with E-state index in [0.717, 1.165) is 56.0 Å². The molecule has 0 fully saturated rings. The van der Waals surface area contributed by atoms with Crippen LogP contribution in [-0.2, 0) is 9.47 Å². The van der Waals surface area contributed by atoms with Crippen molar-refractivity contribution in [1.29, 1.82) is 0 Å². The van der Waals surface area contributed by atoms with E-state index in [-0.39, 0.29) is 0 Å². The third-order valence-electron chi connectivity index (χ3n) is 7.31. The molecule has 2 aromatic heterocycles. The monoisotopic (exact) mass is 546 g/mol. The van der Waals surface area contributed by atoms with Crippen LogP contribution in [0.1, 0.15) is 22.3 Å². The summed E-state index contributed by atoms with van der Waals surface area (Å²) in [6, 6.07) is 38.6. The number of fused-ring (bicyclic) bond motifs is 1. The highest BCUT2D eigenvalue weighted by molar-refractivity contribution is 5.93. The van der Waals surface area contributed by atoms with Gasteiger partial charge in [-0.2, -0.15) is 0 Å². The molecule has 4 nitrogen and oxygen atoms in total. The number of aryl methyl sites for hydroxylation is 2. The molecule has 0 spiro atoms. The molecule has 4 aromatic carbocycles. The molecule has 2 heterocycles. The van der Waals surface area contributed by atoms with Gasteiger partial charge >= 0.3 is 0 Å². The normalized spacial score (nSPS) is 10.5. The molecule has 0 amide bonds. The third kappa shape index (κ3) is 5.15. The van der Waals surface area contributed by atoms with E-state index >= 15 is 0 Å². The topological polar surface area (TPSA) is 28.3 Å². The Morgan fingerprint density at radius 1 is 0.476 bits per heavy atom. The molecule has 0 aliphatic carbocycles. The fraction of sp³-hybridized carbons (Fsp3) is 0.105. The SMILES string of the molecule is COC#Cc1ccc(-c2cc3c(cc(-c4ccc(C#COC)cc4)n3-c3ccc(C)cc3)n2-c2ccc(C)cc2)cc1. The van der Waals surface area contributed by atoms with E-state index in [0.29, 0.717) is 0 Å². The molecule has 0 N–H and O–H groups in total. The molecule has 0 atom stereocenters. The molecule has 4 heteroatoms. The Kier molecular flexibility index (Phi) is 7.29. The summed E-state index contributed by atoms with van der Waals surface area (Å²) in [5, 5.41) is 0. The number of aromatic nitrogens is 2. The van der Waals surface area contributed by atoms with Crippen LogP contribution in [-0.4, -0.2) is 23.4 Å². The molecule has 42 heavy (non-hydrogen) atoms. The first-order valence-electron chi connectivity index (χ1n) is 13.8. The van der Waals surface area contributed by atoms with Crippen LogP contribution in [0.15, 0.2) is 109 Å². The van der Waals surface area contributed by atoms with Crippen molar-refractivity contribution in [2.75, 3.05) is 14.2 Å². The molecule has 6 rings (SSSR count). The smallest absolute Gasteiger partial charge is 0.115 e. The van der Waals surface area contributed by atoms with Crippen LogP contribution in [0, 0.1) is 37.9 Å². The Bertz CT molecular complexity index is 1840. The van der Waals surface area contributed by atoms with Crippen LogP contribution < -0.4 is 0 Å². The van der Waals surface area contributed by atoms with Crippen molar-refractivity contribution >= 4 is 11.0 Å². The van der Waals surface area contributed by atoms with Gasteiger partial charge in [-0.15, -0.1) is 0 Å². The average Bonchev–Trinajstić information content (AvgIpc) is 3.57. The van der Waals surface area contributed by atoms with Gasteiger partial charge in [0.25, 0.3) is 0 Å². The summed E-state index contributed by atoms with van der Waals surface area (Å²) in [6.45, 7) is 4.23. The second-order valence-electron chi connectivity index (χ2n) is 10.2. The second kappa shape index (κ2) is 11.5. The number of ether oxygens (including phenoxy) is 2. The zero-order chi connectivity index (χ0) is 29.1. The summed E-state index contributed by atoms with van der Waals surface area (Å²) < 4.78 is 14.5. The van der Waals surface area contributed by atoms with E-state index in [2.05, 4.69) is 132 Å². The van der Waals surface area contributed by atoms with Gasteiger partial charge in [0.15, 0.2) is 0 Å². The third-order valence-corrected chi connectivity index (χ3v) is 7.31. The van der Waals surface area contributed by atoms with E-state index < -0.39 is 0 Å². The number of nitrogens with zero attached hydrogens (tertiary/aromatic N) is 2. The Morgan fingerprint density at radius 2 is 0.833 bits per heavy atom. The Hall–Kier alpha value is -5.58. The zero-order valence-electron chi connectivity index (χ0n) is 24.1. The predicted molar refractivity (Wildman–Crippen MR) is 171 cm³/mol. The molecule has 0 aliphatic rings. The minimum absolute atomic E-state index is 0.906. The van der Waals surface area contributed by atoms with Crippen LogP contribution in [0.3, 0.4) is 0 Å². The minimum atomic E-state index is 0.906. The van der Waals surface area contributed by atoms with Gasteiger partial charge in [-0.05, 0) is 97.5 Å². The number of hydrogen-bond donors (Lipinski definition) is 0. The van der Waals surface area contributed by atoms with E-state index in [1.807, 2.05) is 24.3 Å². The molecule has 6 aromatic rings. The first-order chi connectivity index (χ1) is 20.6. The van der Waals surface area contributed by atoms with E-state index in [9.17, 15) is 0 Å². The maximum absolute atomic E-state index is 4.93. The van der Waals surface area contributed by atoms with Crippen LogP contribution in [0.25, 0.3) is 44.9 Å². The fourth-order valence-corrected chi connectivity index (χ4v) is 5.19. The molecule has 0 saturated heterocycles. The van der Waals surface area contributed by atoms with Crippen molar-refractivity contribution in [1.82, 2.24) is 9.13 Å². The summed E-state index contributed by atoms with van der Waals surface area (Å²) in [4.78, 5) is 0. The van der Waals surface area contributed by atoms with Gasteiger partial charge in [0, 0.05) is 22.5 Å². The lowest BCUT2D eigenvalue weighted by atomic mass is 10.1. The minimum Gasteiger partial charge on any atom is -0.450 e. The standard InChI is InChI=1S/C38H30N2O2/c1-27-5-17-33(18-6-27)39-35(31-13-9-29(10-14-31)21-23-41-3)25-38-37(39)26-36(40(38)34-19-7-28(2)8-20-34)32-15-11-30(12-16-32)22-24-42-4/h5-20,25-26H,1-4H3. The summed E-state index contributed by atoms with van der Waals surface area (Å²) in [5.41, 5.74) is 13.1. The van der Waals surface area contributed by atoms with Crippen molar-refractivity contribution in [3.05, 3.63) is 131 Å². The van der Waals surface area contributed by atoms with Crippen LogP contribution in [0.2, 0.25) is 0 Å². The number of benzene rings is 4.